The highest BCUT2D eigenvalue weighted by Gasteiger charge is 2.14. The SMILES string of the molecule is Cc1c(/C=N\NC(=O)Cn2nnc3ccccc32)n(C)n(-c2ccccc2)c1=O. The van der Waals surface area contributed by atoms with Crippen molar-refractivity contribution in [3.8, 4) is 5.69 Å². The van der Waals surface area contributed by atoms with Crippen LogP contribution in [0.4, 0.5) is 0 Å². The fraction of sp³-hybridized carbons (Fsp3) is 0.150. The van der Waals surface area contributed by atoms with Crippen molar-refractivity contribution >= 4 is 23.2 Å². The summed E-state index contributed by atoms with van der Waals surface area (Å²) in [5, 5.41) is 12.0. The zero-order valence-corrected chi connectivity index (χ0v) is 16.0. The number of hydrogen-bond donors (Lipinski definition) is 1. The highest BCUT2D eigenvalue weighted by molar-refractivity contribution is 5.83. The highest BCUT2D eigenvalue weighted by atomic mass is 16.2. The number of carbonyl (C=O) groups excluding carboxylic acids is 1. The Morgan fingerprint density at radius 3 is 2.66 bits per heavy atom. The first-order valence-corrected chi connectivity index (χ1v) is 9.00. The van der Waals surface area contributed by atoms with E-state index >= 15 is 0 Å². The zero-order chi connectivity index (χ0) is 20.4. The third kappa shape index (κ3) is 3.45. The third-order valence-electron chi connectivity index (χ3n) is 4.64. The van der Waals surface area contributed by atoms with Crippen LogP contribution in [0.3, 0.4) is 0 Å². The largest absolute Gasteiger partial charge is 0.279 e. The van der Waals surface area contributed by atoms with Crippen molar-refractivity contribution in [2.75, 3.05) is 0 Å². The average molecular weight is 389 g/mol. The van der Waals surface area contributed by atoms with Crippen LogP contribution < -0.4 is 11.0 Å². The van der Waals surface area contributed by atoms with E-state index in [1.165, 1.54) is 10.9 Å². The van der Waals surface area contributed by atoms with Gasteiger partial charge in [0.05, 0.1) is 23.1 Å². The van der Waals surface area contributed by atoms with Crippen LogP contribution in [0.1, 0.15) is 11.3 Å². The summed E-state index contributed by atoms with van der Waals surface area (Å²) in [6.45, 7) is 1.72. The maximum Gasteiger partial charge on any atom is 0.274 e. The molecule has 2 aromatic heterocycles. The molecule has 0 fully saturated rings. The molecule has 9 nitrogen and oxygen atoms in total. The molecule has 29 heavy (non-hydrogen) atoms. The molecule has 4 rings (SSSR count). The first kappa shape index (κ1) is 18.4. The first-order chi connectivity index (χ1) is 14.1. The summed E-state index contributed by atoms with van der Waals surface area (Å²) in [5.41, 5.74) is 5.72. The molecule has 0 saturated heterocycles. The van der Waals surface area contributed by atoms with E-state index in [9.17, 15) is 9.59 Å². The fourth-order valence-corrected chi connectivity index (χ4v) is 3.17. The fourth-order valence-electron chi connectivity index (χ4n) is 3.17. The Kier molecular flexibility index (Phi) is 4.78. The summed E-state index contributed by atoms with van der Waals surface area (Å²) in [4.78, 5) is 24.8. The summed E-state index contributed by atoms with van der Waals surface area (Å²) in [7, 11) is 1.77. The quantitative estimate of drug-likeness (QED) is 0.412. The molecule has 0 saturated carbocycles. The summed E-state index contributed by atoms with van der Waals surface area (Å²) < 4.78 is 4.76. The molecule has 146 valence electrons. The van der Waals surface area contributed by atoms with Gasteiger partial charge in [0.25, 0.3) is 11.5 Å². The monoisotopic (exact) mass is 389 g/mol. The Bertz CT molecular complexity index is 1270. The van der Waals surface area contributed by atoms with Crippen LogP contribution in [0.15, 0.2) is 64.5 Å². The van der Waals surface area contributed by atoms with Gasteiger partial charge in [-0.3, -0.25) is 14.3 Å². The van der Waals surface area contributed by atoms with Crippen molar-refractivity contribution < 1.29 is 4.79 Å². The Balaban J connectivity index is 1.51. The van der Waals surface area contributed by atoms with E-state index in [-0.39, 0.29) is 18.0 Å². The first-order valence-electron chi connectivity index (χ1n) is 9.00. The number of nitrogens with one attached hydrogen (secondary N) is 1. The molecule has 0 spiro atoms. The standard InChI is InChI=1S/C20H19N7O2/c1-14-18(25(2)27(20(14)29)15-8-4-3-5-9-15)12-21-23-19(28)13-26-17-11-7-6-10-16(17)22-24-26/h3-12H,13H2,1-2H3,(H,23,28)/b21-12-. The van der Waals surface area contributed by atoms with Gasteiger partial charge in [0.2, 0.25) is 0 Å². The Morgan fingerprint density at radius 2 is 1.86 bits per heavy atom. The normalized spacial score (nSPS) is 11.4. The minimum absolute atomic E-state index is 0.0131. The lowest BCUT2D eigenvalue weighted by atomic mass is 10.3. The van der Waals surface area contributed by atoms with Crippen LogP contribution in [0.2, 0.25) is 0 Å². The molecule has 1 amide bonds. The maximum absolute atomic E-state index is 12.6. The van der Waals surface area contributed by atoms with Crippen LogP contribution in [0.25, 0.3) is 16.7 Å². The van der Waals surface area contributed by atoms with Crippen LogP contribution in [-0.4, -0.2) is 36.5 Å². The molecule has 1 N–H and O–H groups in total. The van der Waals surface area contributed by atoms with Crippen molar-refractivity contribution in [3.05, 3.63) is 76.2 Å². The molecule has 0 aliphatic rings. The van der Waals surface area contributed by atoms with Crippen molar-refractivity contribution in [1.82, 2.24) is 29.8 Å². The van der Waals surface area contributed by atoms with Gasteiger partial charge in [-0.15, -0.1) is 5.10 Å². The van der Waals surface area contributed by atoms with Crippen LogP contribution in [0, 0.1) is 6.92 Å². The molecule has 2 heterocycles. The maximum atomic E-state index is 12.6. The molecule has 0 bridgehead atoms. The lowest BCUT2D eigenvalue weighted by molar-refractivity contribution is -0.121. The topological polar surface area (TPSA) is 99.1 Å². The van der Waals surface area contributed by atoms with Crippen LogP contribution in [-0.2, 0) is 18.4 Å². The van der Waals surface area contributed by atoms with E-state index < -0.39 is 0 Å². The third-order valence-corrected chi connectivity index (χ3v) is 4.64. The molecule has 0 radical (unpaired) electrons. The predicted octanol–water partition coefficient (Wildman–Crippen LogP) is 1.38. The van der Waals surface area contributed by atoms with E-state index in [4.69, 9.17) is 0 Å². The molecule has 9 heteroatoms. The number of aromatic nitrogens is 5. The van der Waals surface area contributed by atoms with Gasteiger partial charge in [0.15, 0.2) is 0 Å². The van der Waals surface area contributed by atoms with Crippen LogP contribution in [0.5, 0.6) is 0 Å². The molecule has 0 atom stereocenters. The second-order valence-corrected chi connectivity index (χ2v) is 6.52. The number of hydrogen-bond acceptors (Lipinski definition) is 5. The van der Waals surface area contributed by atoms with Gasteiger partial charge in [-0.2, -0.15) is 5.10 Å². The predicted molar refractivity (Wildman–Crippen MR) is 109 cm³/mol. The number of rotatable bonds is 5. The Labute approximate surface area is 165 Å². The molecule has 0 aliphatic heterocycles. The molecule has 0 unspecified atom stereocenters. The number of carbonyl (C=O) groups is 1. The Hall–Kier alpha value is -4.01. The summed E-state index contributed by atoms with van der Waals surface area (Å²) in [5.74, 6) is -0.345. The van der Waals surface area contributed by atoms with Gasteiger partial charge >= 0.3 is 0 Å². The number of benzene rings is 2. The second-order valence-electron chi connectivity index (χ2n) is 6.52. The van der Waals surface area contributed by atoms with Gasteiger partial charge in [-0.05, 0) is 31.2 Å². The lowest BCUT2D eigenvalue weighted by Gasteiger charge is -2.08. The lowest BCUT2D eigenvalue weighted by Crippen LogP contribution is -2.24. The van der Waals surface area contributed by atoms with Gasteiger partial charge < -0.3 is 0 Å². The minimum atomic E-state index is -0.345. The average Bonchev–Trinajstić information content (AvgIpc) is 3.23. The second kappa shape index (κ2) is 7.55. The van der Waals surface area contributed by atoms with E-state index in [0.717, 1.165) is 16.7 Å². The van der Waals surface area contributed by atoms with Crippen molar-refractivity contribution in [2.45, 2.75) is 13.5 Å². The van der Waals surface area contributed by atoms with Crippen molar-refractivity contribution in [3.63, 3.8) is 0 Å². The minimum Gasteiger partial charge on any atom is -0.279 e. The van der Waals surface area contributed by atoms with Crippen molar-refractivity contribution in [2.24, 2.45) is 12.1 Å². The van der Waals surface area contributed by atoms with Gasteiger partial charge in [0, 0.05) is 12.6 Å². The molecule has 4 aromatic rings. The zero-order valence-electron chi connectivity index (χ0n) is 16.0. The summed E-state index contributed by atoms with van der Waals surface area (Å²) in [6.07, 6.45) is 1.47. The number of amides is 1. The van der Waals surface area contributed by atoms with Gasteiger partial charge in [0.1, 0.15) is 12.1 Å². The van der Waals surface area contributed by atoms with E-state index in [1.54, 1.807) is 23.3 Å². The van der Waals surface area contributed by atoms with Gasteiger partial charge in [-0.1, -0.05) is 35.5 Å². The molecular formula is C20H19N7O2. The Morgan fingerprint density at radius 1 is 1.14 bits per heavy atom. The van der Waals surface area contributed by atoms with Crippen molar-refractivity contribution in [1.29, 1.82) is 0 Å². The smallest absolute Gasteiger partial charge is 0.274 e. The van der Waals surface area contributed by atoms with E-state index in [1.807, 2.05) is 54.6 Å². The molecule has 0 aliphatic carbocycles. The van der Waals surface area contributed by atoms with E-state index in [0.29, 0.717) is 11.3 Å². The number of nitrogens with zero attached hydrogens (tertiary/aromatic N) is 6. The molecular weight excluding hydrogens is 370 g/mol. The summed E-state index contributed by atoms with van der Waals surface area (Å²) >= 11 is 0. The van der Waals surface area contributed by atoms with Gasteiger partial charge in [-0.25, -0.2) is 14.8 Å². The summed E-state index contributed by atoms with van der Waals surface area (Å²) in [6, 6.07) is 16.7. The number of para-hydroxylation sites is 2. The highest BCUT2D eigenvalue weighted by Crippen LogP contribution is 2.10. The van der Waals surface area contributed by atoms with Crippen LogP contribution >= 0.6 is 0 Å². The number of fused-ring (bicyclic) bond motifs is 1. The number of hydrazone groups is 1. The van der Waals surface area contributed by atoms with E-state index in [2.05, 4.69) is 20.8 Å². The molecule has 2 aromatic carbocycles.